The van der Waals surface area contributed by atoms with E-state index in [0.717, 1.165) is 4.88 Å². The average Bonchev–Trinajstić information content (AvgIpc) is 2.85. The summed E-state index contributed by atoms with van der Waals surface area (Å²) in [5.41, 5.74) is 5.61. The van der Waals surface area contributed by atoms with Crippen LogP contribution in [-0.2, 0) is 23.6 Å². The van der Waals surface area contributed by atoms with E-state index < -0.39 is 10.0 Å². The van der Waals surface area contributed by atoms with E-state index in [1.54, 1.807) is 19.2 Å². The van der Waals surface area contributed by atoms with Gasteiger partial charge in [-0.3, -0.25) is 0 Å². The first-order valence-electron chi connectivity index (χ1n) is 5.29. The Bertz CT molecular complexity index is 673. The van der Waals surface area contributed by atoms with Crippen molar-refractivity contribution < 1.29 is 8.42 Å². The molecular formula is C10H13ClN4O2S2. The van der Waals surface area contributed by atoms with Crippen LogP contribution in [-0.4, -0.2) is 29.3 Å². The van der Waals surface area contributed by atoms with Crippen LogP contribution >= 0.6 is 22.9 Å². The van der Waals surface area contributed by atoms with E-state index >= 15 is 0 Å². The van der Waals surface area contributed by atoms with E-state index in [2.05, 4.69) is 4.98 Å². The monoisotopic (exact) mass is 320 g/mol. The summed E-state index contributed by atoms with van der Waals surface area (Å²) in [5.74, 6) is -0.00133. The average molecular weight is 321 g/mol. The van der Waals surface area contributed by atoms with Gasteiger partial charge in [-0.1, -0.05) is 11.6 Å². The minimum Gasteiger partial charge on any atom is -0.381 e. The maximum atomic E-state index is 12.4. The second-order valence-corrected chi connectivity index (χ2v) is 7.77. The molecule has 0 radical (unpaired) electrons. The summed E-state index contributed by atoms with van der Waals surface area (Å²) in [4.78, 5) is 4.65. The van der Waals surface area contributed by atoms with Crippen LogP contribution in [0.15, 0.2) is 23.5 Å². The van der Waals surface area contributed by atoms with Crippen LogP contribution in [0.3, 0.4) is 0 Å². The van der Waals surface area contributed by atoms with Crippen LogP contribution in [0.1, 0.15) is 4.88 Å². The van der Waals surface area contributed by atoms with Gasteiger partial charge in [0.05, 0.1) is 10.7 Å². The number of halogens is 1. The predicted octanol–water partition coefficient (Wildman–Crippen LogP) is 1.54. The molecular weight excluding hydrogens is 308 g/mol. The van der Waals surface area contributed by atoms with Crippen molar-refractivity contribution in [1.82, 2.24) is 13.9 Å². The zero-order valence-corrected chi connectivity index (χ0v) is 12.8. The maximum Gasteiger partial charge on any atom is 0.262 e. The summed E-state index contributed by atoms with van der Waals surface area (Å²) in [6, 6.07) is 3.53. The van der Waals surface area contributed by atoms with Gasteiger partial charge >= 0.3 is 0 Å². The fraction of sp³-hybridized carbons (Fsp3) is 0.300. The standard InChI is InChI=1S/C10H13ClN4O2S2/c1-14-6-13-9(12)10(14)19(16,17)15(2)5-7-3-4-8(11)18-7/h3-4,6H,5,12H2,1-2H3. The lowest BCUT2D eigenvalue weighted by atomic mass is 10.5. The highest BCUT2D eigenvalue weighted by molar-refractivity contribution is 7.89. The van der Waals surface area contributed by atoms with Crippen molar-refractivity contribution in [3.8, 4) is 0 Å². The topological polar surface area (TPSA) is 81.2 Å². The number of imidazole rings is 1. The van der Waals surface area contributed by atoms with E-state index in [9.17, 15) is 8.42 Å². The Morgan fingerprint density at radius 1 is 1.53 bits per heavy atom. The van der Waals surface area contributed by atoms with Crippen molar-refractivity contribution in [3.05, 3.63) is 27.7 Å². The van der Waals surface area contributed by atoms with Crippen molar-refractivity contribution in [1.29, 1.82) is 0 Å². The molecule has 9 heteroatoms. The molecule has 19 heavy (non-hydrogen) atoms. The molecule has 2 heterocycles. The minimum absolute atomic E-state index is 0.00133. The third kappa shape index (κ3) is 2.76. The first-order chi connectivity index (χ1) is 8.82. The Morgan fingerprint density at radius 3 is 2.68 bits per heavy atom. The second kappa shape index (κ2) is 5.12. The normalized spacial score (nSPS) is 12.2. The molecule has 0 saturated carbocycles. The van der Waals surface area contributed by atoms with E-state index in [0.29, 0.717) is 4.34 Å². The van der Waals surface area contributed by atoms with Gasteiger partial charge in [0, 0.05) is 25.5 Å². The Kier molecular flexibility index (Phi) is 3.86. The van der Waals surface area contributed by atoms with Crippen molar-refractivity contribution in [2.75, 3.05) is 12.8 Å². The molecule has 0 fully saturated rings. The van der Waals surface area contributed by atoms with Gasteiger partial charge in [0.2, 0.25) is 0 Å². The molecule has 2 aromatic rings. The molecule has 2 rings (SSSR count). The fourth-order valence-corrected chi connectivity index (χ4v) is 4.20. The van der Waals surface area contributed by atoms with E-state index in [1.807, 2.05) is 0 Å². The van der Waals surface area contributed by atoms with Gasteiger partial charge in [-0.25, -0.2) is 13.4 Å². The van der Waals surface area contributed by atoms with Gasteiger partial charge in [-0.2, -0.15) is 4.31 Å². The molecule has 0 atom stereocenters. The third-order valence-corrected chi connectivity index (χ3v) is 5.72. The molecule has 0 unspecified atom stereocenters. The molecule has 0 saturated heterocycles. The van der Waals surface area contributed by atoms with Crippen LogP contribution in [0.4, 0.5) is 5.82 Å². The second-order valence-electron chi connectivity index (χ2n) is 4.01. The maximum absolute atomic E-state index is 12.4. The highest BCUT2D eigenvalue weighted by atomic mass is 35.5. The molecule has 2 N–H and O–H groups in total. The Hall–Kier alpha value is -1.09. The number of hydrogen-bond donors (Lipinski definition) is 1. The lowest BCUT2D eigenvalue weighted by Crippen LogP contribution is -2.28. The Balaban J connectivity index is 2.30. The highest BCUT2D eigenvalue weighted by Crippen LogP contribution is 2.25. The van der Waals surface area contributed by atoms with Crippen LogP contribution in [0.25, 0.3) is 0 Å². The number of sulfonamides is 1. The number of thiophene rings is 1. The van der Waals surface area contributed by atoms with Crippen molar-refractivity contribution >= 4 is 38.8 Å². The first kappa shape index (κ1) is 14.3. The summed E-state index contributed by atoms with van der Waals surface area (Å²) in [7, 11) is -0.589. The molecule has 0 bridgehead atoms. The molecule has 0 aliphatic heterocycles. The summed E-state index contributed by atoms with van der Waals surface area (Å²) >= 11 is 7.17. The summed E-state index contributed by atoms with van der Waals surface area (Å²) in [6.07, 6.45) is 1.37. The van der Waals surface area contributed by atoms with E-state index in [-0.39, 0.29) is 17.4 Å². The van der Waals surface area contributed by atoms with Crippen molar-refractivity contribution in [3.63, 3.8) is 0 Å². The number of nitrogen functional groups attached to an aromatic ring is 1. The SMILES string of the molecule is CN(Cc1ccc(Cl)s1)S(=O)(=O)c1c(N)ncn1C. The van der Waals surface area contributed by atoms with E-state index in [4.69, 9.17) is 17.3 Å². The Morgan fingerprint density at radius 2 is 2.21 bits per heavy atom. The highest BCUT2D eigenvalue weighted by Gasteiger charge is 2.27. The predicted molar refractivity (Wildman–Crippen MR) is 75.6 cm³/mol. The summed E-state index contributed by atoms with van der Waals surface area (Å²) < 4.78 is 28.0. The fourth-order valence-electron chi connectivity index (χ4n) is 1.64. The number of aryl methyl sites for hydroxylation is 1. The van der Waals surface area contributed by atoms with Crippen LogP contribution in [0.2, 0.25) is 4.34 Å². The zero-order chi connectivity index (χ0) is 14.2. The zero-order valence-electron chi connectivity index (χ0n) is 10.4. The molecule has 104 valence electrons. The number of rotatable bonds is 4. The van der Waals surface area contributed by atoms with Gasteiger partial charge in [0.15, 0.2) is 10.8 Å². The number of nitrogens with zero attached hydrogens (tertiary/aromatic N) is 3. The number of aromatic nitrogens is 2. The van der Waals surface area contributed by atoms with E-state index in [1.165, 1.54) is 33.6 Å². The van der Waals surface area contributed by atoms with Crippen LogP contribution in [0.5, 0.6) is 0 Å². The lowest BCUT2D eigenvalue weighted by Gasteiger charge is -2.16. The van der Waals surface area contributed by atoms with Gasteiger partial charge < -0.3 is 10.3 Å². The van der Waals surface area contributed by atoms with Gasteiger partial charge in [0.25, 0.3) is 10.0 Å². The molecule has 0 spiro atoms. The lowest BCUT2D eigenvalue weighted by molar-refractivity contribution is 0.463. The molecule has 0 aliphatic carbocycles. The molecule has 0 aromatic carbocycles. The minimum atomic E-state index is -3.67. The van der Waals surface area contributed by atoms with Crippen LogP contribution in [0, 0.1) is 0 Å². The van der Waals surface area contributed by atoms with Gasteiger partial charge in [-0.05, 0) is 12.1 Å². The first-order valence-corrected chi connectivity index (χ1v) is 7.93. The van der Waals surface area contributed by atoms with Crippen molar-refractivity contribution in [2.45, 2.75) is 11.6 Å². The third-order valence-electron chi connectivity index (χ3n) is 2.57. The largest absolute Gasteiger partial charge is 0.381 e. The molecule has 2 aromatic heterocycles. The molecule has 0 aliphatic rings. The van der Waals surface area contributed by atoms with Crippen molar-refractivity contribution in [2.24, 2.45) is 7.05 Å². The number of anilines is 1. The smallest absolute Gasteiger partial charge is 0.262 e. The van der Waals surface area contributed by atoms with Gasteiger partial charge in [-0.15, -0.1) is 11.3 Å². The quantitative estimate of drug-likeness (QED) is 0.926. The number of hydrogen-bond acceptors (Lipinski definition) is 5. The van der Waals surface area contributed by atoms with Crippen LogP contribution < -0.4 is 5.73 Å². The number of nitrogens with two attached hydrogens (primary N) is 1. The Labute approximate surface area is 120 Å². The summed E-state index contributed by atoms with van der Waals surface area (Å²) in [5, 5.41) is -0.00217. The molecule has 0 amide bonds. The molecule has 6 nitrogen and oxygen atoms in total. The summed E-state index contributed by atoms with van der Waals surface area (Å²) in [6.45, 7) is 0.240. The van der Waals surface area contributed by atoms with Gasteiger partial charge in [0.1, 0.15) is 0 Å².